The highest BCUT2D eigenvalue weighted by Gasteiger charge is 2.22. The maximum atomic E-state index is 8.44. The predicted molar refractivity (Wildman–Crippen MR) is 46.7 cm³/mol. The highest BCUT2D eigenvalue weighted by atomic mass is 16.5. The van der Waals surface area contributed by atoms with E-state index in [4.69, 9.17) is 10.00 Å². The van der Waals surface area contributed by atoms with E-state index in [-0.39, 0.29) is 0 Å². The first-order valence-corrected chi connectivity index (χ1v) is 4.46. The average Bonchev–Trinajstić information content (AvgIpc) is 2.07. The quantitative estimate of drug-likeness (QED) is 0.617. The molecule has 0 aromatic heterocycles. The lowest BCUT2D eigenvalue weighted by molar-refractivity contribution is -0.0483. The molecule has 0 N–H and O–H groups in total. The fourth-order valence-electron chi connectivity index (χ4n) is 1.48. The summed E-state index contributed by atoms with van der Waals surface area (Å²) in [5.41, 5.74) is 0. The molecule has 1 heterocycles. The van der Waals surface area contributed by atoms with Crippen LogP contribution >= 0.6 is 0 Å². The molecule has 2 atom stereocenters. The minimum absolute atomic E-state index is 0.319. The Labute approximate surface area is 73.9 Å². The second-order valence-electron chi connectivity index (χ2n) is 3.40. The molecule has 0 unspecified atom stereocenters. The molecule has 1 fully saturated rings. The molecule has 3 heteroatoms. The molecule has 1 rings (SSSR count). The zero-order chi connectivity index (χ0) is 8.97. The lowest BCUT2D eigenvalue weighted by Gasteiger charge is -2.36. The van der Waals surface area contributed by atoms with E-state index in [1.807, 2.05) is 0 Å². The normalized spacial score (nSPS) is 31.4. The first kappa shape index (κ1) is 9.50. The van der Waals surface area contributed by atoms with Gasteiger partial charge in [0.05, 0.1) is 18.8 Å². The smallest absolute Gasteiger partial charge is 0.0674 e. The SMILES string of the molecule is C[C@@H]1CN(CCC#N)[C@H](C)CO1. The number of ether oxygens (including phenoxy) is 1. The van der Waals surface area contributed by atoms with E-state index in [1.54, 1.807) is 0 Å². The zero-order valence-electron chi connectivity index (χ0n) is 7.79. The molecule has 0 spiro atoms. The van der Waals surface area contributed by atoms with Crippen molar-refractivity contribution < 1.29 is 4.74 Å². The minimum Gasteiger partial charge on any atom is -0.376 e. The number of nitriles is 1. The van der Waals surface area contributed by atoms with Crippen LogP contribution in [-0.2, 0) is 4.74 Å². The van der Waals surface area contributed by atoms with E-state index in [2.05, 4.69) is 24.8 Å². The number of hydrogen-bond acceptors (Lipinski definition) is 3. The molecule has 3 nitrogen and oxygen atoms in total. The van der Waals surface area contributed by atoms with Gasteiger partial charge in [0.25, 0.3) is 0 Å². The largest absolute Gasteiger partial charge is 0.376 e. The Morgan fingerprint density at radius 2 is 2.33 bits per heavy atom. The maximum Gasteiger partial charge on any atom is 0.0674 e. The second-order valence-corrected chi connectivity index (χ2v) is 3.40. The van der Waals surface area contributed by atoms with Crippen LogP contribution in [0.1, 0.15) is 20.3 Å². The summed E-state index contributed by atoms with van der Waals surface area (Å²) in [5, 5.41) is 8.44. The summed E-state index contributed by atoms with van der Waals surface area (Å²) in [6.07, 6.45) is 0.941. The molecule has 1 aliphatic heterocycles. The molecule has 68 valence electrons. The van der Waals surface area contributed by atoms with Crippen molar-refractivity contribution in [2.24, 2.45) is 0 Å². The lowest BCUT2D eigenvalue weighted by Crippen LogP contribution is -2.47. The summed E-state index contributed by atoms with van der Waals surface area (Å²) in [6.45, 7) is 6.86. The summed E-state index contributed by atoms with van der Waals surface area (Å²) >= 11 is 0. The Balaban J connectivity index is 2.34. The summed E-state index contributed by atoms with van der Waals surface area (Å²) in [4.78, 5) is 2.32. The van der Waals surface area contributed by atoms with Crippen LogP contribution in [0, 0.1) is 11.3 Å². The Hall–Kier alpha value is -0.590. The van der Waals surface area contributed by atoms with Gasteiger partial charge in [0.15, 0.2) is 0 Å². The fraction of sp³-hybridized carbons (Fsp3) is 0.889. The fourth-order valence-corrected chi connectivity index (χ4v) is 1.48. The zero-order valence-corrected chi connectivity index (χ0v) is 7.79. The predicted octanol–water partition coefficient (Wildman–Crippen LogP) is 1.01. The third-order valence-corrected chi connectivity index (χ3v) is 2.25. The van der Waals surface area contributed by atoms with Gasteiger partial charge in [-0.2, -0.15) is 5.26 Å². The monoisotopic (exact) mass is 168 g/mol. The van der Waals surface area contributed by atoms with E-state index in [9.17, 15) is 0 Å². The third kappa shape index (κ3) is 2.47. The van der Waals surface area contributed by atoms with Crippen LogP contribution < -0.4 is 0 Å². The van der Waals surface area contributed by atoms with E-state index in [1.165, 1.54) is 0 Å². The third-order valence-electron chi connectivity index (χ3n) is 2.25. The summed E-state index contributed by atoms with van der Waals surface area (Å²) in [5.74, 6) is 0. The molecule has 1 aliphatic rings. The number of hydrogen-bond donors (Lipinski definition) is 0. The average molecular weight is 168 g/mol. The van der Waals surface area contributed by atoms with E-state index < -0.39 is 0 Å². The van der Waals surface area contributed by atoms with E-state index in [0.717, 1.165) is 19.7 Å². The van der Waals surface area contributed by atoms with Crippen LogP contribution in [0.4, 0.5) is 0 Å². The van der Waals surface area contributed by atoms with Gasteiger partial charge in [0.2, 0.25) is 0 Å². The number of morpholine rings is 1. The van der Waals surface area contributed by atoms with Crippen molar-refractivity contribution in [1.82, 2.24) is 4.90 Å². The van der Waals surface area contributed by atoms with Crippen LogP contribution in [0.2, 0.25) is 0 Å². The van der Waals surface area contributed by atoms with Crippen molar-refractivity contribution in [3.8, 4) is 6.07 Å². The van der Waals surface area contributed by atoms with Gasteiger partial charge in [-0.05, 0) is 13.8 Å². The van der Waals surface area contributed by atoms with Crippen molar-refractivity contribution >= 4 is 0 Å². The lowest BCUT2D eigenvalue weighted by atomic mass is 10.2. The summed E-state index contributed by atoms with van der Waals surface area (Å²) < 4.78 is 5.48. The first-order valence-electron chi connectivity index (χ1n) is 4.46. The van der Waals surface area contributed by atoms with Crippen LogP contribution in [0.15, 0.2) is 0 Å². The first-order chi connectivity index (χ1) is 5.74. The molecule has 0 aliphatic carbocycles. The number of rotatable bonds is 2. The highest BCUT2D eigenvalue weighted by Crippen LogP contribution is 2.10. The molecule has 0 radical (unpaired) electrons. The van der Waals surface area contributed by atoms with Gasteiger partial charge in [-0.3, -0.25) is 4.90 Å². The summed E-state index contributed by atoms with van der Waals surface area (Å²) in [6, 6.07) is 2.64. The van der Waals surface area contributed by atoms with E-state index in [0.29, 0.717) is 18.6 Å². The molecule has 0 saturated carbocycles. The van der Waals surface area contributed by atoms with Gasteiger partial charge >= 0.3 is 0 Å². The summed E-state index contributed by atoms with van der Waals surface area (Å²) in [7, 11) is 0. The maximum absolute atomic E-state index is 8.44. The molecule has 1 saturated heterocycles. The molecule has 0 bridgehead atoms. The van der Waals surface area contributed by atoms with Gasteiger partial charge in [-0.1, -0.05) is 0 Å². The number of nitrogens with zero attached hydrogens (tertiary/aromatic N) is 2. The van der Waals surface area contributed by atoms with Crippen molar-refractivity contribution in [3.05, 3.63) is 0 Å². The highest BCUT2D eigenvalue weighted by molar-refractivity contribution is 4.79. The Morgan fingerprint density at radius 3 is 3.00 bits per heavy atom. The van der Waals surface area contributed by atoms with Gasteiger partial charge in [0.1, 0.15) is 0 Å². The Bertz CT molecular complexity index is 176. The second kappa shape index (κ2) is 4.44. The standard InChI is InChI=1S/C9H16N2O/c1-8-7-12-9(2)6-11(8)5-3-4-10/h8-9H,3,5-7H2,1-2H3/t8-,9-/m1/s1. The Kier molecular flexibility index (Phi) is 3.51. The van der Waals surface area contributed by atoms with Crippen molar-refractivity contribution in [2.45, 2.75) is 32.4 Å². The van der Waals surface area contributed by atoms with Crippen LogP contribution in [0.3, 0.4) is 0 Å². The van der Waals surface area contributed by atoms with Crippen LogP contribution in [-0.4, -0.2) is 36.7 Å². The molecule has 0 aromatic carbocycles. The van der Waals surface area contributed by atoms with Crippen LogP contribution in [0.25, 0.3) is 0 Å². The molecule has 0 amide bonds. The molecular formula is C9H16N2O. The van der Waals surface area contributed by atoms with Gasteiger partial charge < -0.3 is 4.74 Å². The van der Waals surface area contributed by atoms with Crippen LogP contribution in [0.5, 0.6) is 0 Å². The van der Waals surface area contributed by atoms with Gasteiger partial charge in [-0.15, -0.1) is 0 Å². The molecule has 0 aromatic rings. The van der Waals surface area contributed by atoms with Crippen molar-refractivity contribution in [1.29, 1.82) is 5.26 Å². The van der Waals surface area contributed by atoms with Gasteiger partial charge in [0, 0.05) is 25.6 Å². The van der Waals surface area contributed by atoms with Crippen molar-refractivity contribution in [2.75, 3.05) is 19.7 Å². The van der Waals surface area contributed by atoms with Crippen molar-refractivity contribution in [3.63, 3.8) is 0 Å². The van der Waals surface area contributed by atoms with E-state index >= 15 is 0 Å². The Morgan fingerprint density at radius 1 is 1.58 bits per heavy atom. The molecular weight excluding hydrogens is 152 g/mol. The minimum atomic E-state index is 0.319. The van der Waals surface area contributed by atoms with Gasteiger partial charge in [-0.25, -0.2) is 0 Å². The molecule has 12 heavy (non-hydrogen) atoms. The topological polar surface area (TPSA) is 36.3 Å².